The van der Waals surface area contributed by atoms with Gasteiger partial charge in [0.15, 0.2) is 5.78 Å². The standard InChI is InChI=1S/C20H26N2O2/c1-3-19-9-6-11-21-12-10-20(18(19)21)17(23)14-7-4-5-8-15(14)22(20)16(13-19)24-2/h4-5,7-8,16,18H,3,6,9-13H2,1-2H3/t16-,18+,19+,20-/m0/s1. The van der Waals surface area contributed by atoms with Crippen molar-refractivity contribution in [1.29, 1.82) is 0 Å². The van der Waals surface area contributed by atoms with Gasteiger partial charge in [-0.1, -0.05) is 19.1 Å². The van der Waals surface area contributed by atoms with Crippen LogP contribution in [0.5, 0.6) is 0 Å². The van der Waals surface area contributed by atoms with Gasteiger partial charge in [-0.25, -0.2) is 0 Å². The number of carbonyl (C=O) groups is 1. The Morgan fingerprint density at radius 2 is 2.08 bits per heavy atom. The van der Waals surface area contributed by atoms with Gasteiger partial charge in [0.2, 0.25) is 0 Å². The quantitative estimate of drug-likeness (QED) is 0.836. The summed E-state index contributed by atoms with van der Waals surface area (Å²) in [5.74, 6) is 0.340. The van der Waals surface area contributed by atoms with Crippen molar-refractivity contribution in [3.05, 3.63) is 29.8 Å². The Morgan fingerprint density at radius 1 is 1.25 bits per heavy atom. The van der Waals surface area contributed by atoms with Gasteiger partial charge >= 0.3 is 0 Å². The van der Waals surface area contributed by atoms with Crippen molar-refractivity contribution < 1.29 is 9.53 Å². The third-order valence-electron chi connectivity index (χ3n) is 7.37. The fourth-order valence-electron chi connectivity index (χ4n) is 6.48. The van der Waals surface area contributed by atoms with Crippen LogP contribution < -0.4 is 4.90 Å². The first-order valence-corrected chi connectivity index (χ1v) is 9.38. The van der Waals surface area contributed by atoms with Gasteiger partial charge < -0.3 is 9.64 Å². The number of ether oxygens (including phenoxy) is 1. The van der Waals surface area contributed by atoms with Crippen LogP contribution in [-0.2, 0) is 4.74 Å². The normalized spacial score (nSPS) is 40.4. The molecule has 24 heavy (non-hydrogen) atoms. The lowest BCUT2D eigenvalue weighted by molar-refractivity contribution is -0.0743. The van der Waals surface area contributed by atoms with Crippen molar-refractivity contribution >= 4 is 11.5 Å². The Labute approximate surface area is 143 Å². The van der Waals surface area contributed by atoms with E-state index in [-0.39, 0.29) is 11.6 Å². The number of benzene rings is 1. The molecule has 5 rings (SSSR count). The second-order valence-electron chi connectivity index (χ2n) is 8.04. The largest absolute Gasteiger partial charge is 0.362 e. The first-order chi connectivity index (χ1) is 11.7. The van der Waals surface area contributed by atoms with E-state index in [1.165, 1.54) is 12.8 Å². The number of methoxy groups -OCH3 is 1. The molecule has 4 atom stereocenters. The number of anilines is 1. The average molecular weight is 326 g/mol. The molecule has 3 saturated heterocycles. The molecule has 0 radical (unpaired) electrons. The summed E-state index contributed by atoms with van der Waals surface area (Å²) in [5.41, 5.74) is 1.80. The molecular weight excluding hydrogens is 300 g/mol. The number of carbonyl (C=O) groups excluding carboxylic acids is 1. The van der Waals surface area contributed by atoms with Crippen molar-refractivity contribution in [3.63, 3.8) is 0 Å². The predicted octanol–water partition coefficient (Wildman–Crippen LogP) is 3.07. The highest BCUT2D eigenvalue weighted by Gasteiger charge is 2.70. The van der Waals surface area contributed by atoms with Crippen LogP contribution in [0.2, 0.25) is 0 Å². The lowest BCUT2D eigenvalue weighted by Crippen LogP contribution is -2.72. The van der Waals surface area contributed by atoms with Gasteiger partial charge in [-0.15, -0.1) is 0 Å². The van der Waals surface area contributed by atoms with Crippen molar-refractivity contribution in [1.82, 2.24) is 4.90 Å². The molecule has 4 nitrogen and oxygen atoms in total. The maximum Gasteiger partial charge on any atom is 0.192 e. The van der Waals surface area contributed by atoms with Crippen LogP contribution in [0, 0.1) is 5.41 Å². The number of fused-ring (bicyclic) bond motifs is 2. The first kappa shape index (κ1) is 14.9. The third kappa shape index (κ3) is 1.50. The number of nitrogens with zero attached hydrogens (tertiary/aromatic N) is 2. The van der Waals surface area contributed by atoms with Crippen LogP contribution >= 0.6 is 0 Å². The molecule has 0 N–H and O–H groups in total. The van der Waals surface area contributed by atoms with Crippen molar-refractivity contribution in [3.8, 4) is 0 Å². The Morgan fingerprint density at radius 3 is 2.88 bits per heavy atom. The lowest BCUT2D eigenvalue weighted by Gasteiger charge is -2.60. The molecule has 0 saturated carbocycles. The molecule has 128 valence electrons. The summed E-state index contributed by atoms with van der Waals surface area (Å²) in [6.45, 7) is 4.49. The van der Waals surface area contributed by atoms with E-state index in [1.54, 1.807) is 0 Å². The van der Waals surface area contributed by atoms with E-state index < -0.39 is 5.54 Å². The Kier molecular flexibility index (Phi) is 3.00. The zero-order valence-electron chi connectivity index (χ0n) is 14.6. The molecule has 0 bridgehead atoms. The molecule has 4 aliphatic heterocycles. The second-order valence-corrected chi connectivity index (χ2v) is 8.04. The van der Waals surface area contributed by atoms with E-state index in [9.17, 15) is 4.79 Å². The highest BCUT2D eigenvalue weighted by Crippen LogP contribution is 2.61. The van der Waals surface area contributed by atoms with Crippen LogP contribution in [0.25, 0.3) is 0 Å². The first-order valence-electron chi connectivity index (χ1n) is 9.38. The van der Waals surface area contributed by atoms with E-state index in [0.717, 1.165) is 43.6 Å². The van der Waals surface area contributed by atoms with Gasteiger partial charge in [0.05, 0.1) is 5.69 Å². The summed E-state index contributed by atoms with van der Waals surface area (Å²) in [6.07, 6.45) is 5.58. The third-order valence-corrected chi connectivity index (χ3v) is 7.37. The number of hydrogen-bond donors (Lipinski definition) is 0. The van der Waals surface area contributed by atoms with E-state index in [1.807, 2.05) is 25.3 Å². The molecule has 4 heteroatoms. The van der Waals surface area contributed by atoms with E-state index >= 15 is 0 Å². The summed E-state index contributed by atoms with van der Waals surface area (Å²) in [5, 5.41) is 0. The minimum Gasteiger partial charge on any atom is -0.362 e. The van der Waals surface area contributed by atoms with Gasteiger partial charge in [-0.3, -0.25) is 9.69 Å². The SMILES string of the molecule is CC[C@@]12CCCN3CC[C@]4(C(=O)c5ccccc5N4[C@@H](OC)C1)[C@H]32. The highest BCUT2D eigenvalue weighted by atomic mass is 16.5. The summed E-state index contributed by atoms with van der Waals surface area (Å²) in [4.78, 5) is 18.7. The zero-order chi connectivity index (χ0) is 16.5. The maximum atomic E-state index is 13.7. The monoisotopic (exact) mass is 326 g/mol. The lowest BCUT2D eigenvalue weighted by atomic mass is 9.59. The molecule has 0 unspecified atom stereocenters. The average Bonchev–Trinajstić information content (AvgIpc) is 3.14. The minimum absolute atomic E-state index is 0.00634. The van der Waals surface area contributed by atoms with Crippen LogP contribution in [0.1, 0.15) is 49.4 Å². The number of hydrogen-bond acceptors (Lipinski definition) is 4. The van der Waals surface area contributed by atoms with E-state index in [4.69, 9.17) is 4.74 Å². The fourth-order valence-corrected chi connectivity index (χ4v) is 6.48. The fraction of sp³-hybridized carbons (Fsp3) is 0.650. The summed E-state index contributed by atoms with van der Waals surface area (Å²) in [6, 6.07) is 8.51. The van der Waals surface area contributed by atoms with Gasteiger partial charge in [0.1, 0.15) is 11.8 Å². The van der Waals surface area contributed by atoms with Crippen LogP contribution in [0.3, 0.4) is 0 Å². The smallest absolute Gasteiger partial charge is 0.192 e. The molecule has 1 spiro atoms. The van der Waals surface area contributed by atoms with E-state index in [0.29, 0.717) is 11.8 Å². The molecule has 4 aliphatic rings. The Hall–Kier alpha value is -1.39. The second kappa shape index (κ2) is 4.83. The minimum atomic E-state index is -0.404. The maximum absolute atomic E-state index is 13.7. The summed E-state index contributed by atoms with van der Waals surface area (Å²) < 4.78 is 5.99. The number of ketones is 1. The summed E-state index contributed by atoms with van der Waals surface area (Å²) >= 11 is 0. The number of rotatable bonds is 2. The summed E-state index contributed by atoms with van der Waals surface area (Å²) in [7, 11) is 1.81. The van der Waals surface area contributed by atoms with Crippen LogP contribution in [0.15, 0.2) is 24.3 Å². The van der Waals surface area contributed by atoms with Gasteiger partial charge in [-0.2, -0.15) is 0 Å². The molecule has 0 aromatic heterocycles. The van der Waals surface area contributed by atoms with Crippen molar-refractivity contribution in [2.24, 2.45) is 5.41 Å². The van der Waals surface area contributed by atoms with Gasteiger partial charge in [-0.05, 0) is 56.2 Å². The molecule has 0 aliphatic carbocycles. The van der Waals surface area contributed by atoms with Crippen molar-refractivity contribution in [2.45, 2.75) is 56.8 Å². The molecule has 1 aromatic carbocycles. The highest BCUT2D eigenvalue weighted by molar-refractivity contribution is 6.15. The van der Waals surface area contributed by atoms with Crippen LogP contribution in [-0.4, -0.2) is 48.7 Å². The van der Waals surface area contributed by atoms with Crippen molar-refractivity contribution in [2.75, 3.05) is 25.1 Å². The molecule has 1 aromatic rings. The number of Topliss-reactive ketones (excluding diaryl/α,β-unsaturated/α-hetero) is 1. The topological polar surface area (TPSA) is 32.8 Å². The molecule has 3 fully saturated rings. The molecule has 4 heterocycles. The zero-order valence-corrected chi connectivity index (χ0v) is 14.6. The van der Waals surface area contributed by atoms with Crippen LogP contribution in [0.4, 0.5) is 5.69 Å². The number of para-hydroxylation sites is 1. The van der Waals surface area contributed by atoms with Gasteiger partial charge in [0, 0.05) is 25.3 Å². The Bertz CT molecular complexity index is 705. The molecular formula is C20H26N2O2. The number of piperidine rings is 2. The van der Waals surface area contributed by atoms with Gasteiger partial charge in [0.25, 0.3) is 0 Å². The van der Waals surface area contributed by atoms with E-state index in [2.05, 4.69) is 22.8 Å². The predicted molar refractivity (Wildman–Crippen MR) is 93.3 cm³/mol. The molecule has 0 amide bonds. The Balaban J connectivity index is 1.75.